The van der Waals surface area contributed by atoms with Gasteiger partial charge in [0.1, 0.15) is 0 Å². The van der Waals surface area contributed by atoms with Crippen LogP contribution < -0.4 is 0 Å². The molecule has 2 atom stereocenters. The predicted octanol–water partition coefficient (Wildman–Crippen LogP) is 2.49. The summed E-state index contributed by atoms with van der Waals surface area (Å²) in [5, 5.41) is 0. The van der Waals surface area contributed by atoms with Crippen LogP contribution in [0.5, 0.6) is 0 Å². The Kier molecular flexibility index (Phi) is 4.07. The highest BCUT2D eigenvalue weighted by molar-refractivity contribution is 7.88. The number of sulfonamides is 1. The molecule has 100 valence electrons. The molecule has 0 saturated carbocycles. The molecule has 0 spiro atoms. The summed E-state index contributed by atoms with van der Waals surface area (Å²) in [4.78, 5) is 0. The van der Waals surface area contributed by atoms with E-state index in [1.165, 1.54) is 0 Å². The summed E-state index contributed by atoms with van der Waals surface area (Å²) in [6.07, 6.45) is 1.12. The van der Waals surface area contributed by atoms with Crippen molar-refractivity contribution in [3.63, 3.8) is 0 Å². The van der Waals surface area contributed by atoms with Gasteiger partial charge in [0.15, 0.2) is 0 Å². The Balaban J connectivity index is 2.11. The number of hydrogen-bond acceptors (Lipinski definition) is 2. The number of piperidine rings is 1. The quantitative estimate of drug-likeness (QED) is 0.844. The van der Waals surface area contributed by atoms with Gasteiger partial charge in [0, 0.05) is 13.1 Å². The monoisotopic (exact) mass is 267 g/mol. The molecular formula is C14H21NO2S. The zero-order valence-electron chi connectivity index (χ0n) is 11.0. The van der Waals surface area contributed by atoms with Crippen LogP contribution >= 0.6 is 0 Å². The number of nitrogens with zero attached hydrogens (tertiary/aromatic N) is 1. The van der Waals surface area contributed by atoms with Gasteiger partial charge >= 0.3 is 0 Å². The normalized spacial score (nSPS) is 26.1. The average molecular weight is 267 g/mol. The lowest BCUT2D eigenvalue weighted by molar-refractivity contribution is 0.222. The summed E-state index contributed by atoms with van der Waals surface area (Å²) in [5.74, 6) is 1.03. The summed E-state index contributed by atoms with van der Waals surface area (Å²) in [6, 6.07) is 9.41. The Hall–Kier alpha value is -0.870. The third kappa shape index (κ3) is 3.33. The number of rotatable bonds is 3. The maximum Gasteiger partial charge on any atom is 0.218 e. The first-order valence-corrected chi connectivity index (χ1v) is 8.10. The summed E-state index contributed by atoms with van der Waals surface area (Å²) < 4.78 is 26.4. The molecule has 0 amide bonds. The molecule has 0 aliphatic carbocycles. The Bertz CT molecular complexity index is 474. The average Bonchev–Trinajstić information content (AvgIpc) is 2.28. The second kappa shape index (κ2) is 5.41. The van der Waals surface area contributed by atoms with Crippen molar-refractivity contribution in [3.8, 4) is 0 Å². The van der Waals surface area contributed by atoms with Gasteiger partial charge < -0.3 is 0 Å². The molecule has 0 aromatic heterocycles. The van der Waals surface area contributed by atoms with Crippen molar-refractivity contribution in [2.75, 3.05) is 13.1 Å². The minimum absolute atomic E-state index is 0.118. The molecule has 1 aromatic rings. The number of hydrogen-bond donors (Lipinski definition) is 0. The topological polar surface area (TPSA) is 37.4 Å². The van der Waals surface area contributed by atoms with E-state index >= 15 is 0 Å². The molecular weight excluding hydrogens is 246 g/mol. The molecule has 0 N–H and O–H groups in total. The van der Waals surface area contributed by atoms with E-state index in [9.17, 15) is 8.42 Å². The van der Waals surface area contributed by atoms with Crippen LogP contribution in [0.3, 0.4) is 0 Å². The second-order valence-corrected chi connectivity index (χ2v) is 7.47. The van der Waals surface area contributed by atoms with E-state index in [-0.39, 0.29) is 5.75 Å². The van der Waals surface area contributed by atoms with Crippen LogP contribution in [0.1, 0.15) is 25.8 Å². The first kappa shape index (κ1) is 13.6. The predicted molar refractivity (Wildman–Crippen MR) is 73.6 cm³/mol. The molecule has 4 heteroatoms. The van der Waals surface area contributed by atoms with Gasteiger partial charge in [-0.05, 0) is 23.8 Å². The smallest absolute Gasteiger partial charge is 0.212 e. The van der Waals surface area contributed by atoms with Crippen molar-refractivity contribution in [1.82, 2.24) is 4.31 Å². The van der Waals surface area contributed by atoms with E-state index in [1.54, 1.807) is 4.31 Å². The van der Waals surface area contributed by atoms with E-state index < -0.39 is 10.0 Å². The SMILES string of the molecule is C[C@H]1C[C@H](C)CN(S(=O)(=O)Cc2ccccc2)C1. The Labute approximate surface area is 110 Å². The van der Waals surface area contributed by atoms with Gasteiger partial charge in [-0.2, -0.15) is 0 Å². The van der Waals surface area contributed by atoms with Gasteiger partial charge in [-0.1, -0.05) is 44.2 Å². The zero-order valence-corrected chi connectivity index (χ0v) is 11.9. The lowest BCUT2D eigenvalue weighted by Crippen LogP contribution is -2.43. The largest absolute Gasteiger partial charge is 0.218 e. The van der Waals surface area contributed by atoms with Crippen LogP contribution in [-0.2, 0) is 15.8 Å². The molecule has 0 radical (unpaired) electrons. The molecule has 1 fully saturated rings. The van der Waals surface area contributed by atoms with E-state index in [0.29, 0.717) is 24.9 Å². The maximum atomic E-state index is 12.4. The minimum atomic E-state index is -3.17. The standard InChI is InChI=1S/C14H21NO2S/c1-12-8-13(2)10-15(9-12)18(16,17)11-14-6-4-3-5-7-14/h3-7,12-13H,8-11H2,1-2H3/t12-,13-/m0/s1. The third-order valence-electron chi connectivity index (χ3n) is 3.42. The van der Waals surface area contributed by atoms with Crippen LogP contribution in [-0.4, -0.2) is 25.8 Å². The van der Waals surface area contributed by atoms with Crippen molar-refractivity contribution in [2.24, 2.45) is 11.8 Å². The third-order valence-corrected chi connectivity index (χ3v) is 5.20. The fourth-order valence-corrected chi connectivity index (χ4v) is 4.47. The molecule has 1 saturated heterocycles. The fourth-order valence-electron chi connectivity index (χ4n) is 2.71. The molecule has 0 unspecified atom stereocenters. The van der Waals surface area contributed by atoms with Crippen molar-refractivity contribution in [1.29, 1.82) is 0 Å². The van der Waals surface area contributed by atoms with Gasteiger partial charge in [-0.3, -0.25) is 0 Å². The highest BCUT2D eigenvalue weighted by Crippen LogP contribution is 2.24. The Morgan fingerprint density at radius 1 is 1.11 bits per heavy atom. The Morgan fingerprint density at radius 3 is 2.22 bits per heavy atom. The van der Waals surface area contributed by atoms with Crippen LogP contribution in [0.15, 0.2) is 30.3 Å². The van der Waals surface area contributed by atoms with Gasteiger partial charge in [0.2, 0.25) is 10.0 Å². The molecule has 2 rings (SSSR count). The van der Waals surface area contributed by atoms with Crippen LogP contribution in [0.25, 0.3) is 0 Å². The molecule has 1 aliphatic heterocycles. The zero-order chi connectivity index (χ0) is 13.2. The lowest BCUT2D eigenvalue weighted by atomic mass is 9.94. The molecule has 0 bridgehead atoms. The molecule has 1 heterocycles. The fraction of sp³-hybridized carbons (Fsp3) is 0.571. The van der Waals surface area contributed by atoms with Gasteiger partial charge in [-0.15, -0.1) is 0 Å². The molecule has 1 aliphatic rings. The summed E-state index contributed by atoms with van der Waals surface area (Å²) in [6.45, 7) is 5.58. The van der Waals surface area contributed by atoms with Gasteiger partial charge in [0.05, 0.1) is 5.75 Å². The van der Waals surface area contributed by atoms with Crippen LogP contribution in [0.2, 0.25) is 0 Å². The van der Waals surface area contributed by atoms with Crippen LogP contribution in [0.4, 0.5) is 0 Å². The minimum Gasteiger partial charge on any atom is -0.212 e. The number of benzene rings is 1. The highest BCUT2D eigenvalue weighted by Gasteiger charge is 2.30. The van der Waals surface area contributed by atoms with E-state index in [0.717, 1.165) is 12.0 Å². The summed E-state index contributed by atoms with van der Waals surface area (Å²) in [5.41, 5.74) is 0.864. The van der Waals surface area contributed by atoms with Crippen molar-refractivity contribution in [3.05, 3.63) is 35.9 Å². The molecule has 3 nitrogen and oxygen atoms in total. The Morgan fingerprint density at radius 2 is 1.67 bits per heavy atom. The van der Waals surface area contributed by atoms with E-state index in [2.05, 4.69) is 13.8 Å². The van der Waals surface area contributed by atoms with E-state index in [4.69, 9.17) is 0 Å². The second-order valence-electron chi connectivity index (χ2n) is 5.50. The van der Waals surface area contributed by atoms with Crippen LogP contribution in [0, 0.1) is 11.8 Å². The maximum absolute atomic E-state index is 12.4. The highest BCUT2D eigenvalue weighted by atomic mass is 32.2. The first-order chi connectivity index (χ1) is 8.47. The van der Waals surface area contributed by atoms with Crippen molar-refractivity contribution in [2.45, 2.75) is 26.0 Å². The first-order valence-electron chi connectivity index (χ1n) is 6.49. The molecule has 1 aromatic carbocycles. The lowest BCUT2D eigenvalue weighted by Gasteiger charge is -2.34. The van der Waals surface area contributed by atoms with E-state index in [1.807, 2.05) is 30.3 Å². The van der Waals surface area contributed by atoms with Crippen molar-refractivity contribution < 1.29 is 8.42 Å². The van der Waals surface area contributed by atoms with Gasteiger partial charge in [0.25, 0.3) is 0 Å². The summed E-state index contributed by atoms with van der Waals surface area (Å²) >= 11 is 0. The van der Waals surface area contributed by atoms with Crippen molar-refractivity contribution >= 4 is 10.0 Å². The van der Waals surface area contributed by atoms with Gasteiger partial charge in [-0.25, -0.2) is 12.7 Å². The molecule has 18 heavy (non-hydrogen) atoms. The summed E-state index contributed by atoms with van der Waals surface area (Å²) in [7, 11) is -3.17.